The molecule has 1 saturated heterocycles. The third kappa shape index (κ3) is 3.47. The van der Waals surface area contributed by atoms with Crippen LogP contribution in [0.2, 0.25) is 0 Å². The summed E-state index contributed by atoms with van der Waals surface area (Å²) in [5.74, 6) is 1.36. The SMILES string of the molecule is CC(C)CCN(C(=O)C1CCNC1)C1CCCC1. The van der Waals surface area contributed by atoms with E-state index in [9.17, 15) is 4.79 Å². The van der Waals surface area contributed by atoms with Gasteiger partial charge in [0.1, 0.15) is 0 Å². The van der Waals surface area contributed by atoms with Gasteiger partial charge in [0.05, 0.1) is 5.92 Å². The van der Waals surface area contributed by atoms with Gasteiger partial charge < -0.3 is 10.2 Å². The third-order valence-electron chi connectivity index (χ3n) is 4.41. The van der Waals surface area contributed by atoms with Crippen LogP contribution in [0.15, 0.2) is 0 Å². The molecule has 1 unspecified atom stereocenters. The number of nitrogens with zero attached hydrogens (tertiary/aromatic N) is 1. The molecule has 0 aromatic heterocycles. The third-order valence-corrected chi connectivity index (χ3v) is 4.41. The Bertz CT molecular complexity index is 266. The maximum absolute atomic E-state index is 12.6. The first-order valence-corrected chi connectivity index (χ1v) is 7.69. The van der Waals surface area contributed by atoms with Crippen LogP contribution in [0.25, 0.3) is 0 Å². The normalized spacial score (nSPS) is 24.9. The van der Waals surface area contributed by atoms with Crippen molar-refractivity contribution in [3.8, 4) is 0 Å². The smallest absolute Gasteiger partial charge is 0.227 e. The quantitative estimate of drug-likeness (QED) is 0.815. The molecule has 1 atom stereocenters. The van der Waals surface area contributed by atoms with Gasteiger partial charge in [-0.15, -0.1) is 0 Å². The van der Waals surface area contributed by atoms with Gasteiger partial charge >= 0.3 is 0 Å². The van der Waals surface area contributed by atoms with Crippen molar-refractivity contribution in [2.45, 2.75) is 58.4 Å². The zero-order chi connectivity index (χ0) is 13.0. The Morgan fingerprint density at radius 2 is 2.00 bits per heavy atom. The Morgan fingerprint density at radius 3 is 2.56 bits per heavy atom. The first-order chi connectivity index (χ1) is 8.68. The largest absolute Gasteiger partial charge is 0.339 e. The molecule has 3 nitrogen and oxygen atoms in total. The fraction of sp³-hybridized carbons (Fsp3) is 0.933. The fourth-order valence-electron chi connectivity index (χ4n) is 3.19. The number of nitrogens with one attached hydrogen (secondary N) is 1. The van der Waals surface area contributed by atoms with Crippen LogP contribution in [0, 0.1) is 11.8 Å². The van der Waals surface area contributed by atoms with Crippen LogP contribution < -0.4 is 5.32 Å². The second kappa shape index (κ2) is 6.55. The molecule has 1 N–H and O–H groups in total. The van der Waals surface area contributed by atoms with Crippen LogP contribution in [0.5, 0.6) is 0 Å². The topological polar surface area (TPSA) is 32.3 Å². The molecule has 3 heteroatoms. The average molecular weight is 252 g/mol. The van der Waals surface area contributed by atoms with Crippen LogP contribution in [0.1, 0.15) is 52.4 Å². The predicted octanol–water partition coefficient (Wildman–Crippen LogP) is 2.41. The van der Waals surface area contributed by atoms with Crippen molar-refractivity contribution in [3.63, 3.8) is 0 Å². The maximum Gasteiger partial charge on any atom is 0.227 e. The number of carbonyl (C=O) groups is 1. The summed E-state index contributed by atoms with van der Waals surface area (Å²) in [6, 6.07) is 0.539. The van der Waals surface area contributed by atoms with Gasteiger partial charge in [0.15, 0.2) is 0 Å². The Kier molecular flexibility index (Phi) is 5.04. The summed E-state index contributed by atoms with van der Waals surface area (Å²) in [5, 5.41) is 3.32. The minimum absolute atomic E-state index is 0.248. The molecule has 0 radical (unpaired) electrons. The molecular weight excluding hydrogens is 224 g/mol. The molecular formula is C15H28N2O. The summed E-state index contributed by atoms with van der Waals surface area (Å²) in [7, 11) is 0. The minimum Gasteiger partial charge on any atom is -0.339 e. The molecule has 2 rings (SSSR count). The van der Waals surface area contributed by atoms with Gasteiger partial charge in [-0.1, -0.05) is 26.7 Å². The molecule has 0 aromatic rings. The van der Waals surface area contributed by atoms with Crippen LogP contribution in [-0.2, 0) is 4.79 Å². The average Bonchev–Trinajstić information content (AvgIpc) is 3.01. The van der Waals surface area contributed by atoms with E-state index in [1.165, 1.54) is 25.7 Å². The Hall–Kier alpha value is -0.570. The molecule has 1 heterocycles. The van der Waals surface area contributed by atoms with Crippen LogP contribution >= 0.6 is 0 Å². The van der Waals surface area contributed by atoms with Crippen molar-refractivity contribution in [1.82, 2.24) is 10.2 Å². The molecule has 18 heavy (non-hydrogen) atoms. The van der Waals surface area contributed by atoms with Crippen molar-refractivity contribution < 1.29 is 4.79 Å². The van der Waals surface area contributed by atoms with E-state index in [-0.39, 0.29) is 5.92 Å². The zero-order valence-corrected chi connectivity index (χ0v) is 12.0. The molecule has 1 amide bonds. The van der Waals surface area contributed by atoms with E-state index in [4.69, 9.17) is 0 Å². The Labute approximate surface area is 111 Å². The number of hydrogen-bond donors (Lipinski definition) is 1. The number of rotatable bonds is 5. The highest BCUT2D eigenvalue weighted by atomic mass is 16.2. The van der Waals surface area contributed by atoms with Gasteiger partial charge in [-0.25, -0.2) is 0 Å². The molecule has 2 fully saturated rings. The maximum atomic E-state index is 12.6. The van der Waals surface area contributed by atoms with Crippen LogP contribution in [0.4, 0.5) is 0 Å². The van der Waals surface area contributed by atoms with Crippen molar-refractivity contribution in [1.29, 1.82) is 0 Å². The zero-order valence-electron chi connectivity index (χ0n) is 12.0. The standard InChI is InChI=1S/C15H28N2O/c1-12(2)8-10-17(14-5-3-4-6-14)15(18)13-7-9-16-11-13/h12-14,16H,3-11H2,1-2H3. The van der Waals surface area contributed by atoms with Crippen LogP contribution in [0.3, 0.4) is 0 Å². The number of amides is 1. The molecule has 0 aromatic carbocycles. The summed E-state index contributed by atoms with van der Waals surface area (Å²) in [6.07, 6.45) is 7.23. The van der Waals surface area contributed by atoms with E-state index < -0.39 is 0 Å². The van der Waals surface area contributed by atoms with Gasteiger partial charge in [-0.3, -0.25) is 4.79 Å². The van der Waals surface area contributed by atoms with Crippen molar-refractivity contribution in [2.75, 3.05) is 19.6 Å². The highest BCUT2D eigenvalue weighted by Gasteiger charge is 2.32. The highest BCUT2D eigenvalue weighted by molar-refractivity contribution is 5.79. The van der Waals surface area contributed by atoms with E-state index in [2.05, 4.69) is 24.1 Å². The van der Waals surface area contributed by atoms with Gasteiger partial charge in [0.25, 0.3) is 0 Å². The molecule has 104 valence electrons. The summed E-state index contributed by atoms with van der Waals surface area (Å²) < 4.78 is 0. The van der Waals surface area contributed by atoms with E-state index in [1.54, 1.807) is 0 Å². The molecule has 1 aliphatic heterocycles. The molecule has 0 bridgehead atoms. The second-order valence-electron chi connectivity index (χ2n) is 6.34. The Balaban J connectivity index is 1.95. The lowest BCUT2D eigenvalue weighted by Gasteiger charge is -2.32. The molecule has 1 aliphatic carbocycles. The van der Waals surface area contributed by atoms with E-state index in [0.717, 1.165) is 32.5 Å². The molecule has 2 aliphatic rings. The minimum atomic E-state index is 0.248. The van der Waals surface area contributed by atoms with E-state index >= 15 is 0 Å². The van der Waals surface area contributed by atoms with Crippen molar-refractivity contribution in [3.05, 3.63) is 0 Å². The summed E-state index contributed by atoms with van der Waals surface area (Å²) >= 11 is 0. The summed E-state index contributed by atoms with van der Waals surface area (Å²) in [6.45, 7) is 7.36. The van der Waals surface area contributed by atoms with Gasteiger partial charge in [0.2, 0.25) is 5.91 Å². The first-order valence-electron chi connectivity index (χ1n) is 7.69. The van der Waals surface area contributed by atoms with Crippen molar-refractivity contribution in [2.24, 2.45) is 11.8 Å². The number of hydrogen-bond acceptors (Lipinski definition) is 2. The monoisotopic (exact) mass is 252 g/mol. The summed E-state index contributed by atoms with van der Waals surface area (Å²) in [4.78, 5) is 14.9. The summed E-state index contributed by atoms with van der Waals surface area (Å²) in [5.41, 5.74) is 0. The van der Waals surface area contributed by atoms with E-state index in [1.807, 2.05) is 0 Å². The molecule has 0 spiro atoms. The number of carbonyl (C=O) groups excluding carboxylic acids is 1. The Morgan fingerprint density at radius 1 is 1.28 bits per heavy atom. The lowest BCUT2D eigenvalue weighted by molar-refractivity contribution is -0.137. The first kappa shape index (κ1) is 13.9. The van der Waals surface area contributed by atoms with Gasteiger partial charge in [-0.2, -0.15) is 0 Å². The van der Waals surface area contributed by atoms with E-state index in [0.29, 0.717) is 17.9 Å². The van der Waals surface area contributed by atoms with Gasteiger partial charge in [0, 0.05) is 19.1 Å². The lowest BCUT2D eigenvalue weighted by atomic mass is 10.0. The molecule has 1 saturated carbocycles. The van der Waals surface area contributed by atoms with Crippen LogP contribution in [-0.4, -0.2) is 36.5 Å². The fourth-order valence-corrected chi connectivity index (χ4v) is 3.19. The lowest BCUT2D eigenvalue weighted by Crippen LogP contribution is -2.43. The van der Waals surface area contributed by atoms with Crippen molar-refractivity contribution >= 4 is 5.91 Å². The van der Waals surface area contributed by atoms with Gasteiger partial charge in [-0.05, 0) is 38.1 Å². The highest BCUT2D eigenvalue weighted by Crippen LogP contribution is 2.26. The second-order valence-corrected chi connectivity index (χ2v) is 6.34. The predicted molar refractivity (Wildman–Crippen MR) is 74.4 cm³/mol.